The molecule has 0 aliphatic carbocycles. The van der Waals surface area contributed by atoms with Crippen molar-refractivity contribution in [3.8, 4) is 11.5 Å². The molecule has 1 aromatic carbocycles. The van der Waals surface area contributed by atoms with Crippen LogP contribution in [0.4, 0.5) is 5.95 Å². The first kappa shape index (κ1) is 23.1. The van der Waals surface area contributed by atoms with Gasteiger partial charge in [0.05, 0.1) is 16.8 Å². The monoisotopic (exact) mass is 501 g/mol. The Hall–Kier alpha value is -2.65. The second-order valence-corrected chi connectivity index (χ2v) is 9.10. The Kier molecular flexibility index (Phi) is 6.74. The molecule has 3 aromatic rings. The van der Waals surface area contributed by atoms with Crippen molar-refractivity contribution in [2.45, 2.75) is 31.5 Å². The average molecular weight is 502 g/mol. The lowest BCUT2D eigenvalue weighted by molar-refractivity contribution is 0.0220. The molecule has 2 aliphatic heterocycles. The topological polar surface area (TPSA) is 101 Å². The van der Waals surface area contributed by atoms with Crippen LogP contribution in [0.25, 0.3) is 11.5 Å². The van der Waals surface area contributed by atoms with Crippen molar-refractivity contribution in [3.63, 3.8) is 0 Å². The predicted octanol–water partition coefficient (Wildman–Crippen LogP) is 4.20. The summed E-state index contributed by atoms with van der Waals surface area (Å²) in [5.41, 5.74) is 1.52. The number of aliphatic hydroxyl groups excluding tert-OH is 1. The number of rotatable bonds is 6. The molecule has 1 atom stereocenters. The molecule has 1 saturated heterocycles. The number of benzene rings is 1. The van der Waals surface area contributed by atoms with Gasteiger partial charge in [-0.05, 0) is 36.6 Å². The quantitative estimate of drug-likeness (QED) is 0.521. The molecule has 1 radical (unpaired) electrons. The minimum atomic E-state index is -1.10. The number of furan rings is 1. The number of carbonyl (C=O) groups excluding carboxylic acids is 1. The molecule has 4 heterocycles. The maximum atomic E-state index is 13.1. The summed E-state index contributed by atoms with van der Waals surface area (Å²) in [4.78, 5) is 23.4. The van der Waals surface area contributed by atoms with E-state index in [-0.39, 0.29) is 11.9 Å². The zero-order valence-electron chi connectivity index (χ0n) is 18.2. The number of halogens is 2. The summed E-state index contributed by atoms with van der Waals surface area (Å²) in [6, 6.07) is 8.93. The van der Waals surface area contributed by atoms with Crippen LogP contribution in [-0.4, -0.2) is 57.9 Å². The molecule has 2 N–H and O–H groups in total. The van der Waals surface area contributed by atoms with E-state index < -0.39 is 6.23 Å². The Bertz CT molecular complexity index is 1200. The summed E-state index contributed by atoms with van der Waals surface area (Å²) in [5, 5.41) is 14.9. The molecule has 2 aliphatic rings. The largest absolute Gasteiger partial charge is 0.458 e. The van der Waals surface area contributed by atoms with E-state index in [4.69, 9.17) is 32.4 Å². The summed E-state index contributed by atoms with van der Waals surface area (Å²) in [6.45, 7) is 1.70. The molecule has 10 heteroatoms. The van der Waals surface area contributed by atoms with Crippen LogP contribution in [0.1, 0.15) is 34.5 Å². The number of ether oxygens (including phenoxy) is 1. The number of hydrogen-bond donors (Lipinski definition) is 2. The molecule has 0 bridgehead atoms. The minimum Gasteiger partial charge on any atom is -0.458 e. The van der Waals surface area contributed by atoms with E-state index in [1.54, 1.807) is 30.7 Å². The lowest BCUT2D eigenvalue weighted by Crippen LogP contribution is -2.44. The van der Waals surface area contributed by atoms with Gasteiger partial charge in [0.1, 0.15) is 17.7 Å². The zero-order valence-corrected chi connectivity index (χ0v) is 19.7. The van der Waals surface area contributed by atoms with Crippen molar-refractivity contribution in [1.29, 1.82) is 0 Å². The second kappa shape index (κ2) is 9.92. The van der Waals surface area contributed by atoms with Gasteiger partial charge in [-0.1, -0.05) is 35.3 Å². The molecular formula is C24H23Cl2N4O4. The smallest absolute Gasteiger partial charge is 0.259 e. The minimum absolute atomic E-state index is 0.222. The Morgan fingerprint density at radius 2 is 2.06 bits per heavy atom. The van der Waals surface area contributed by atoms with Gasteiger partial charge < -0.3 is 24.5 Å². The normalized spacial score (nSPS) is 17.5. The molecule has 0 unspecified atom stereocenters. The highest BCUT2D eigenvalue weighted by molar-refractivity contribution is 6.32. The fraction of sp³-hybridized carbons (Fsp3) is 0.333. The number of aromatic nitrogens is 2. The maximum absolute atomic E-state index is 13.1. The molecule has 2 aromatic heterocycles. The molecule has 5 rings (SSSR count). The van der Waals surface area contributed by atoms with Crippen LogP contribution in [0.2, 0.25) is 10.0 Å². The SMILES string of the molecule is O=C1c2cc(-c3nc(NC4CCOCC4)ncc3Cl)oc2CCN1[C@@H](O)[CH]c1cccc(Cl)c1. The van der Waals surface area contributed by atoms with Crippen LogP contribution in [-0.2, 0) is 11.2 Å². The number of anilines is 1. The van der Waals surface area contributed by atoms with Gasteiger partial charge in [-0.25, -0.2) is 9.97 Å². The Morgan fingerprint density at radius 1 is 1.24 bits per heavy atom. The van der Waals surface area contributed by atoms with Gasteiger partial charge >= 0.3 is 0 Å². The van der Waals surface area contributed by atoms with Gasteiger partial charge in [0.25, 0.3) is 5.91 Å². The van der Waals surface area contributed by atoms with Crippen LogP contribution < -0.4 is 5.32 Å². The first-order chi connectivity index (χ1) is 16.5. The van der Waals surface area contributed by atoms with Gasteiger partial charge in [-0.3, -0.25) is 4.79 Å². The number of fused-ring (bicyclic) bond motifs is 1. The summed E-state index contributed by atoms with van der Waals surface area (Å²) in [5.74, 6) is 1.05. The number of hydrogen-bond acceptors (Lipinski definition) is 7. The van der Waals surface area contributed by atoms with E-state index in [1.165, 1.54) is 11.1 Å². The zero-order chi connectivity index (χ0) is 23.7. The fourth-order valence-corrected chi connectivity index (χ4v) is 4.53. The van der Waals surface area contributed by atoms with Crippen LogP contribution in [0.5, 0.6) is 0 Å². The lowest BCUT2D eigenvalue weighted by Gasteiger charge is -2.30. The Labute approximate surface area is 206 Å². The summed E-state index contributed by atoms with van der Waals surface area (Å²) >= 11 is 12.4. The molecule has 34 heavy (non-hydrogen) atoms. The van der Waals surface area contributed by atoms with E-state index in [2.05, 4.69) is 15.3 Å². The first-order valence-electron chi connectivity index (χ1n) is 11.1. The van der Waals surface area contributed by atoms with Crippen molar-refractivity contribution in [3.05, 3.63) is 69.9 Å². The van der Waals surface area contributed by atoms with Crippen molar-refractivity contribution in [2.75, 3.05) is 25.1 Å². The lowest BCUT2D eigenvalue weighted by atomic mass is 10.0. The van der Waals surface area contributed by atoms with Crippen molar-refractivity contribution < 1.29 is 19.1 Å². The second-order valence-electron chi connectivity index (χ2n) is 8.25. The van der Waals surface area contributed by atoms with Crippen LogP contribution >= 0.6 is 23.2 Å². The van der Waals surface area contributed by atoms with Gasteiger partial charge in [-0.15, -0.1) is 0 Å². The number of amides is 1. The molecule has 8 nitrogen and oxygen atoms in total. The average Bonchev–Trinajstić information content (AvgIpc) is 3.26. The Morgan fingerprint density at radius 3 is 2.85 bits per heavy atom. The number of carbonyl (C=O) groups is 1. The standard InChI is InChI=1S/C24H23Cl2N4O4/c25-15-3-1-2-14(10-15)11-21(31)30-7-4-19-17(23(30)32)12-20(34-19)22-18(26)13-27-24(29-22)28-16-5-8-33-9-6-16/h1-3,10-13,16,21,31H,4-9H2,(H,27,28,29)/t21-/m0/s1. The van der Waals surface area contributed by atoms with Crippen molar-refractivity contribution in [2.24, 2.45) is 0 Å². The highest BCUT2D eigenvalue weighted by Gasteiger charge is 2.33. The van der Waals surface area contributed by atoms with Crippen molar-refractivity contribution >= 4 is 35.1 Å². The maximum Gasteiger partial charge on any atom is 0.259 e. The molecular weight excluding hydrogens is 479 g/mol. The fourth-order valence-electron chi connectivity index (χ4n) is 4.15. The van der Waals surface area contributed by atoms with Gasteiger partial charge in [0.2, 0.25) is 5.95 Å². The van der Waals surface area contributed by atoms with Gasteiger partial charge in [-0.2, -0.15) is 0 Å². The van der Waals surface area contributed by atoms with Gasteiger partial charge in [0, 0.05) is 43.7 Å². The van der Waals surface area contributed by atoms with E-state index in [0.717, 1.165) is 18.4 Å². The van der Waals surface area contributed by atoms with Gasteiger partial charge in [0.15, 0.2) is 5.76 Å². The number of nitrogens with one attached hydrogen (secondary N) is 1. The predicted molar refractivity (Wildman–Crippen MR) is 128 cm³/mol. The van der Waals surface area contributed by atoms with E-state index >= 15 is 0 Å². The third kappa shape index (κ3) is 4.90. The van der Waals surface area contributed by atoms with Crippen LogP contribution in [0, 0.1) is 6.42 Å². The third-order valence-corrected chi connectivity index (χ3v) is 6.43. The Balaban J connectivity index is 1.34. The van der Waals surface area contributed by atoms with Crippen LogP contribution in [0.3, 0.4) is 0 Å². The summed E-state index contributed by atoms with van der Waals surface area (Å²) in [6.07, 6.45) is 4.20. The summed E-state index contributed by atoms with van der Waals surface area (Å²) < 4.78 is 11.4. The highest BCUT2D eigenvalue weighted by atomic mass is 35.5. The molecule has 177 valence electrons. The number of aliphatic hydroxyl groups is 1. The third-order valence-electron chi connectivity index (χ3n) is 5.92. The number of nitrogens with zero attached hydrogens (tertiary/aromatic N) is 3. The van der Waals surface area contributed by atoms with E-state index in [9.17, 15) is 9.90 Å². The molecule has 0 saturated carbocycles. The highest BCUT2D eigenvalue weighted by Crippen LogP contribution is 2.33. The van der Waals surface area contributed by atoms with E-state index in [0.29, 0.717) is 65.0 Å². The molecule has 0 spiro atoms. The summed E-state index contributed by atoms with van der Waals surface area (Å²) in [7, 11) is 0. The van der Waals surface area contributed by atoms with Crippen molar-refractivity contribution in [1.82, 2.24) is 14.9 Å². The van der Waals surface area contributed by atoms with E-state index in [1.807, 2.05) is 6.07 Å². The molecule has 1 amide bonds. The van der Waals surface area contributed by atoms with Crippen LogP contribution in [0.15, 0.2) is 40.9 Å². The molecule has 1 fully saturated rings. The first-order valence-corrected chi connectivity index (χ1v) is 11.8.